The van der Waals surface area contributed by atoms with Crippen molar-refractivity contribution in [3.8, 4) is 5.75 Å². The van der Waals surface area contributed by atoms with Gasteiger partial charge in [-0.25, -0.2) is 4.79 Å². The third-order valence-electron chi connectivity index (χ3n) is 7.69. The standard InChI is InChI=1S/C23H34O4/c1-21(2)10-6-11-22(3)18(21)9-12-23(4,26)19(22)14-16-13-15(20(25)27-5)7-8-17(16)24/h7-8,13,18-19,24,26H,6,9-12,14H2,1-5H3. The van der Waals surface area contributed by atoms with E-state index in [1.165, 1.54) is 20.0 Å². The molecule has 4 heteroatoms. The summed E-state index contributed by atoms with van der Waals surface area (Å²) < 4.78 is 4.83. The van der Waals surface area contributed by atoms with Gasteiger partial charge in [0, 0.05) is 0 Å². The Balaban J connectivity index is 1.99. The van der Waals surface area contributed by atoms with Gasteiger partial charge < -0.3 is 14.9 Å². The molecule has 4 unspecified atom stereocenters. The van der Waals surface area contributed by atoms with Crippen molar-refractivity contribution in [2.24, 2.45) is 22.7 Å². The molecule has 0 saturated heterocycles. The van der Waals surface area contributed by atoms with E-state index >= 15 is 0 Å². The first-order valence-corrected chi connectivity index (χ1v) is 10.1. The second kappa shape index (κ2) is 6.80. The van der Waals surface area contributed by atoms with Gasteiger partial charge in [0.2, 0.25) is 0 Å². The summed E-state index contributed by atoms with van der Waals surface area (Å²) in [6.07, 6.45) is 5.87. The summed E-state index contributed by atoms with van der Waals surface area (Å²) in [6, 6.07) is 4.86. The van der Waals surface area contributed by atoms with E-state index in [2.05, 4.69) is 20.8 Å². The highest BCUT2D eigenvalue weighted by molar-refractivity contribution is 5.89. The molecule has 4 atom stereocenters. The maximum absolute atomic E-state index is 11.9. The monoisotopic (exact) mass is 374 g/mol. The maximum atomic E-state index is 11.9. The zero-order valence-electron chi connectivity index (χ0n) is 17.3. The molecule has 0 aromatic heterocycles. The summed E-state index contributed by atoms with van der Waals surface area (Å²) in [5, 5.41) is 21.8. The number of benzene rings is 1. The highest BCUT2D eigenvalue weighted by atomic mass is 16.5. The maximum Gasteiger partial charge on any atom is 0.337 e. The lowest BCUT2D eigenvalue weighted by Gasteiger charge is -2.61. The second-order valence-electron chi connectivity index (χ2n) is 9.89. The predicted molar refractivity (Wildman–Crippen MR) is 106 cm³/mol. The zero-order valence-corrected chi connectivity index (χ0v) is 17.3. The largest absolute Gasteiger partial charge is 0.508 e. The van der Waals surface area contributed by atoms with E-state index in [0.29, 0.717) is 23.5 Å². The minimum Gasteiger partial charge on any atom is -0.508 e. The molecule has 2 aliphatic carbocycles. The van der Waals surface area contributed by atoms with E-state index < -0.39 is 11.6 Å². The van der Waals surface area contributed by atoms with Crippen molar-refractivity contribution >= 4 is 5.97 Å². The number of aliphatic hydroxyl groups is 1. The number of hydrogen-bond donors (Lipinski definition) is 2. The number of hydrogen-bond acceptors (Lipinski definition) is 4. The molecule has 2 aliphatic rings. The first-order valence-electron chi connectivity index (χ1n) is 10.1. The predicted octanol–water partition coefficient (Wildman–Crippen LogP) is 4.71. The quantitative estimate of drug-likeness (QED) is 0.752. The molecule has 0 heterocycles. The first kappa shape index (κ1) is 20.2. The number of ether oxygens (including phenoxy) is 1. The Labute approximate surface area is 162 Å². The lowest BCUT2D eigenvalue weighted by molar-refractivity contribution is -0.166. The number of methoxy groups -OCH3 is 1. The fourth-order valence-electron chi connectivity index (χ4n) is 6.29. The number of phenolic OH excluding ortho intramolecular Hbond substituents is 1. The van der Waals surface area contributed by atoms with Crippen LogP contribution < -0.4 is 0 Å². The van der Waals surface area contributed by atoms with Crippen LogP contribution in [0.4, 0.5) is 0 Å². The van der Waals surface area contributed by atoms with Gasteiger partial charge in [-0.15, -0.1) is 0 Å². The molecular formula is C23H34O4. The molecule has 1 aromatic carbocycles. The van der Waals surface area contributed by atoms with Crippen molar-refractivity contribution in [2.45, 2.75) is 71.8 Å². The molecule has 3 rings (SSSR count). The molecule has 0 aliphatic heterocycles. The topological polar surface area (TPSA) is 66.8 Å². The summed E-state index contributed by atoms with van der Waals surface area (Å²) in [5.41, 5.74) is 0.640. The lowest BCUT2D eigenvalue weighted by Crippen LogP contribution is -2.58. The van der Waals surface area contributed by atoms with E-state index in [4.69, 9.17) is 4.74 Å². The molecule has 0 bridgehead atoms. The molecule has 27 heavy (non-hydrogen) atoms. The van der Waals surface area contributed by atoms with Crippen LogP contribution >= 0.6 is 0 Å². The highest BCUT2D eigenvalue weighted by Gasteiger charge is 2.57. The SMILES string of the molecule is COC(=O)c1ccc(O)c(CC2C(C)(O)CCC3C(C)(C)CCCC32C)c1. The fraction of sp³-hybridized carbons (Fsp3) is 0.696. The first-order chi connectivity index (χ1) is 12.5. The second-order valence-corrected chi connectivity index (χ2v) is 9.89. The van der Waals surface area contributed by atoms with Gasteiger partial charge in [-0.05, 0) is 85.5 Å². The Hall–Kier alpha value is -1.55. The minimum atomic E-state index is -0.785. The van der Waals surface area contributed by atoms with Crippen LogP contribution in [0.5, 0.6) is 5.75 Å². The number of fused-ring (bicyclic) bond motifs is 1. The Bertz CT molecular complexity index is 721. The van der Waals surface area contributed by atoms with Crippen molar-refractivity contribution < 1.29 is 19.7 Å². The van der Waals surface area contributed by atoms with Gasteiger partial charge in [0.1, 0.15) is 5.75 Å². The third kappa shape index (κ3) is 3.49. The number of carbonyl (C=O) groups is 1. The molecule has 2 N–H and O–H groups in total. The molecule has 4 nitrogen and oxygen atoms in total. The van der Waals surface area contributed by atoms with Crippen molar-refractivity contribution in [1.82, 2.24) is 0 Å². The lowest BCUT2D eigenvalue weighted by atomic mass is 9.45. The Morgan fingerprint density at radius 2 is 1.89 bits per heavy atom. The van der Waals surface area contributed by atoms with Gasteiger partial charge in [-0.3, -0.25) is 0 Å². The van der Waals surface area contributed by atoms with Crippen molar-refractivity contribution in [3.63, 3.8) is 0 Å². The molecule has 0 amide bonds. The highest BCUT2D eigenvalue weighted by Crippen LogP contribution is 2.62. The van der Waals surface area contributed by atoms with Crippen LogP contribution in [-0.4, -0.2) is 28.9 Å². The molecule has 2 fully saturated rings. The average Bonchev–Trinajstić information content (AvgIpc) is 2.58. The molecular weight excluding hydrogens is 340 g/mol. The van der Waals surface area contributed by atoms with Crippen LogP contribution in [0.2, 0.25) is 0 Å². The third-order valence-corrected chi connectivity index (χ3v) is 7.69. The summed E-state index contributed by atoms with van der Waals surface area (Å²) in [7, 11) is 1.36. The molecule has 2 saturated carbocycles. The number of phenols is 1. The fourth-order valence-corrected chi connectivity index (χ4v) is 6.29. The summed E-state index contributed by atoms with van der Waals surface area (Å²) in [5.74, 6) is 0.353. The normalized spacial score (nSPS) is 35.3. The van der Waals surface area contributed by atoms with Gasteiger partial charge in [-0.1, -0.05) is 27.2 Å². The Morgan fingerprint density at radius 3 is 2.56 bits per heavy atom. The molecule has 0 radical (unpaired) electrons. The van der Waals surface area contributed by atoms with Gasteiger partial charge in [0.15, 0.2) is 0 Å². The Morgan fingerprint density at radius 1 is 1.19 bits per heavy atom. The van der Waals surface area contributed by atoms with Crippen LogP contribution in [0.3, 0.4) is 0 Å². The number of esters is 1. The molecule has 0 spiro atoms. The van der Waals surface area contributed by atoms with Crippen LogP contribution in [0.15, 0.2) is 18.2 Å². The van der Waals surface area contributed by atoms with Gasteiger partial charge >= 0.3 is 5.97 Å². The van der Waals surface area contributed by atoms with Crippen LogP contribution in [0.1, 0.15) is 75.7 Å². The van der Waals surface area contributed by atoms with Crippen molar-refractivity contribution in [1.29, 1.82) is 0 Å². The van der Waals surface area contributed by atoms with Gasteiger partial charge in [0.05, 0.1) is 18.3 Å². The summed E-state index contributed by atoms with van der Waals surface area (Å²) in [4.78, 5) is 11.9. The summed E-state index contributed by atoms with van der Waals surface area (Å²) in [6.45, 7) is 9.00. The smallest absolute Gasteiger partial charge is 0.337 e. The van der Waals surface area contributed by atoms with Crippen LogP contribution in [-0.2, 0) is 11.2 Å². The van der Waals surface area contributed by atoms with Crippen molar-refractivity contribution in [3.05, 3.63) is 29.3 Å². The number of carbonyl (C=O) groups excluding carboxylic acids is 1. The van der Waals surface area contributed by atoms with E-state index in [-0.39, 0.29) is 22.5 Å². The number of rotatable bonds is 3. The average molecular weight is 375 g/mol. The number of aromatic hydroxyl groups is 1. The zero-order chi connectivity index (χ0) is 20.0. The van der Waals surface area contributed by atoms with E-state index in [9.17, 15) is 15.0 Å². The summed E-state index contributed by atoms with van der Waals surface area (Å²) >= 11 is 0. The van der Waals surface area contributed by atoms with E-state index in [1.54, 1.807) is 18.2 Å². The van der Waals surface area contributed by atoms with Gasteiger partial charge in [0.25, 0.3) is 0 Å². The van der Waals surface area contributed by atoms with Gasteiger partial charge in [-0.2, -0.15) is 0 Å². The van der Waals surface area contributed by atoms with Crippen LogP contribution in [0.25, 0.3) is 0 Å². The Kier molecular flexibility index (Phi) is 5.09. The molecule has 150 valence electrons. The van der Waals surface area contributed by atoms with Crippen LogP contribution in [0, 0.1) is 22.7 Å². The van der Waals surface area contributed by atoms with Crippen molar-refractivity contribution in [2.75, 3.05) is 7.11 Å². The van der Waals surface area contributed by atoms with E-state index in [1.807, 2.05) is 6.92 Å². The minimum absolute atomic E-state index is 0.0111. The van der Waals surface area contributed by atoms with E-state index in [0.717, 1.165) is 19.3 Å². The molecule has 1 aromatic rings.